The van der Waals surface area contributed by atoms with Gasteiger partial charge in [-0.05, 0) is 26.0 Å². The topological polar surface area (TPSA) is 85.1 Å². The van der Waals surface area contributed by atoms with Crippen molar-refractivity contribution in [2.45, 2.75) is 24.3 Å². The molecular formula is C12H13F2N3O2S2. The standard InChI is InChI=1S/C12H13F2N3O2S2/c1-12(2,11-16-5-6-20-11)17-21(18,19)8-4-3-7(13)10(15)9(8)14/h3-6,17H,15H2,1-2H3. The van der Waals surface area contributed by atoms with Gasteiger partial charge in [0.2, 0.25) is 10.0 Å². The first-order valence-electron chi connectivity index (χ1n) is 5.82. The van der Waals surface area contributed by atoms with E-state index < -0.39 is 37.8 Å². The lowest BCUT2D eigenvalue weighted by molar-refractivity contribution is 0.465. The third-order valence-corrected chi connectivity index (χ3v) is 5.51. The highest BCUT2D eigenvalue weighted by Gasteiger charge is 2.32. The lowest BCUT2D eigenvalue weighted by atomic mass is 10.1. The third-order valence-electron chi connectivity index (χ3n) is 2.74. The van der Waals surface area contributed by atoms with E-state index >= 15 is 0 Å². The van der Waals surface area contributed by atoms with Gasteiger partial charge in [0.25, 0.3) is 0 Å². The summed E-state index contributed by atoms with van der Waals surface area (Å²) in [6, 6.07) is 1.64. The Morgan fingerprint density at radius 3 is 2.57 bits per heavy atom. The zero-order valence-corrected chi connectivity index (χ0v) is 12.9. The molecule has 114 valence electrons. The van der Waals surface area contributed by atoms with Gasteiger partial charge in [-0.3, -0.25) is 0 Å². The summed E-state index contributed by atoms with van der Waals surface area (Å²) in [6.45, 7) is 3.18. The molecule has 5 nitrogen and oxygen atoms in total. The van der Waals surface area contributed by atoms with E-state index in [1.54, 1.807) is 19.2 Å². The average Bonchev–Trinajstić information content (AvgIpc) is 2.89. The number of thiazole rings is 1. The van der Waals surface area contributed by atoms with Gasteiger partial charge in [0.15, 0.2) is 5.82 Å². The number of rotatable bonds is 4. The highest BCUT2D eigenvalue weighted by atomic mass is 32.2. The van der Waals surface area contributed by atoms with Crippen LogP contribution in [-0.2, 0) is 15.6 Å². The number of anilines is 1. The van der Waals surface area contributed by atoms with Crippen molar-refractivity contribution in [3.63, 3.8) is 0 Å². The van der Waals surface area contributed by atoms with Gasteiger partial charge in [0.1, 0.15) is 21.4 Å². The number of nitrogens with one attached hydrogen (secondary N) is 1. The Morgan fingerprint density at radius 1 is 1.33 bits per heavy atom. The zero-order valence-electron chi connectivity index (χ0n) is 11.2. The number of nitrogen functional groups attached to an aromatic ring is 1. The lowest BCUT2D eigenvalue weighted by Crippen LogP contribution is -2.41. The zero-order chi connectivity index (χ0) is 15.8. The summed E-state index contributed by atoms with van der Waals surface area (Å²) in [7, 11) is -4.22. The van der Waals surface area contributed by atoms with Crippen molar-refractivity contribution in [1.82, 2.24) is 9.71 Å². The molecule has 0 bridgehead atoms. The first kappa shape index (κ1) is 15.8. The Morgan fingerprint density at radius 2 is 2.00 bits per heavy atom. The van der Waals surface area contributed by atoms with Crippen molar-refractivity contribution in [2.75, 3.05) is 5.73 Å². The lowest BCUT2D eigenvalue weighted by Gasteiger charge is -2.23. The van der Waals surface area contributed by atoms with Gasteiger partial charge in [0.05, 0.1) is 5.54 Å². The minimum absolute atomic E-state index is 0.515. The molecular weight excluding hydrogens is 320 g/mol. The average molecular weight is 333 g/mol. The maximum Gasteiger partial charge on any atom is 0.244 e. The van der Waals surface area contributed by atoms with Crippen LogP contribution in [0.5, 0.6) is 0 Å². The minimum atomic E-state index is -4.22. The van der Waals surface area contributed by atoms with E-state index in [2.05, 4.69) is 9.71 Å². The normalized spacial score (nSPS) is 12.6. The number of nitrogens with two attached hydrogens (primary N) is 1. The molecule has 2 rings (SSSR count). The molecule has 9 heteroatoms. The van der Waals surface area contributed by atoms with Crippen LogP contribution in [0.4, 0.5) is 14.5 Å². The summed E-state index contributed by atoms with van der Waals surface area (Å²) in [4.78, 5) is 3.33. The fourth-order valence-corrected chi connectivity index (χ4v) is 3.98. The second-order valence-electron chi connectivity index (χ2n) is 4.84. The monoisotopic (exact) mass is 333 g/mol. The molecule has 1 aromatic carbocycles. The first-order chi connectivity index (χ1) is 9.65. The van der Waals surface area contributed by atoms with Gasteiger partial charge in [0, 0.05) is 11.6 Å². The first-order valence-corrected chi connectivity index (χ1v) is 8.19. The minimum Gasteiger partial charge on any atom is -0.394 e. The van der Waals surface area contributed by atoms with Gasteiger partial charge < -0.3 is 5.73 Å². The molecule has 21 heavy (non-hydrogen) atoms. The van der Waals surface area contributed by atoms with Crippen LogP contribution in [0.2, 0.25) is 0 Å². The van der Waals surface area contributed by atoms with Crippen LogP contribution in [-0.4, -0.2) is 13.4 Å². The molecule has 0 spiro atoms. The van der Waals surface area contributed by atoms with E-state index in [4.69, 9.17) is 5.73 Å². The molecule has 1 heterocycles. The van der Waals surface area contributed by atoms with Gasteiger partial charge in [-0.1, -0.05) is 0 Å². The van der Waals surface area contributed by atoms with Crippen LogP contribution < -0.4 is 10.5 Å². The van der Waals surface area contributed by atoms with Crippen LogP contribution in [0.15, 0.2) is 28.6 Å². The number of sulfonamides is 1. The molecule has 0 aliphatic heterocycles. The summed E-state index contributed by atoms with van der Waals surface area (Å²) in [5.74, 6) is -2.32. The Bertz CT molecular complexity index is 759. The van der Waals surface area contributed by atoms with Gasteiger partial charge >= 0.3 is 0 Å². The molecule has 0 aliphatic carbocycles. The highest BCUT2D eigenvalue weighted by Crippen LogP contribution is 2.27. The Balaban J connectivity index is 2.42. The summed E-state index contributed by atoms with van der Waals surface area (Å²) in [5.41, 5.74) is 3.32. The molecule has 0 unspecified atom stereocenters. The summed E-state index contributed by atoms with van der Waals surface area (Å²) in [5, 5.41) is 2.21. The Labute approximate surface area is 124 Å². The molecule has 0 saturated carbocycles. The molecule has 0 amide bonds. The van der Waals surface area contributed by atoms with E-state index in [0.29, 0.717) is 5.01 Å². The number of hydrogen-bond acceptors (Lipinski definition) is 5. The number of aromatic nitrogens is 1. The maximum absolute atomic E-state index is 13.9. The Kier molecular flexibility index (Phi) is 4.00. The Hall–Kier alpha value is -1.58. The van der Waals surface area contributed by atoms with Gasteiger partial charge in [-0.15, -0.1) is 11.3 Å². The van der Waals surface area contributed by atoms with Crippen LogP contribution in [0.1, 0.15) is 18.9 Å². The van der Waals surface area contributed by atoms with Crippen molar-refractivity contribution in [3.05, 3.63) is 40.4 Å². The molecule has 0 aliphatic rings. The number of benzene rings is 1. The molecule has 0 saturated heterocycles. The smallest absolute Gasteiger partial charge is 0.244 e. The van der Waals surface area contributed by atoms with E-state index in [1.165, 1.54) is 17.5 Å². The van der Waals surface area contributed by atoms with Crippen molar-refractivity contribution >= 4 is 27.0 Å². The second-order valence-corrected chi connectivity index (χ2v) is 7.39. The summed E-state index contributed by atoms with van der Waals surface area (Å²) in [6.07, 6.45) is 1.53. The van der Waals surface area contributed by atoms with E-state index in [1.807, 2.05) is 0 Å². The molecule has 0 radical (unpaired) electrons. The number of nitrogens with zero attached hydrogens (tertiary/aromatic N) is 1. The van der Waals surface area contributed by atoms with E-state index in [0.717, 1.165) is 12.1 Å². The van der Waals surface area contributed by atoms with Crippen LogP contribution in [0.3, 0.4) is 0 Å². The predicted octanol–water partition coefficient (Wildman–Crippen LogP) is 2.22. The van der Waals surface area contributed by atoms with Gasteiger partial charge in [-0.2, -0.15) is 4.72 Å². The maximum atomic E-state index is 13.9. The predicted molar refractivity (Wildman–Crippen MR) is 76.2 cm³/mol. The number of halogens is 2. The second kappa shape index (κ2) is 5.32. The quantitative estimate of drug-likeness (QED) is 0.840. The molecule has 1 aromatic heterocycles. The van der Waals surface area contributed by atoms with Crippen molar-refractivity contribution < 1.29 is 17.2 Å². The van der Waals surface area contributed by atoms with E-state index in [9.17, 15) is 17.2 Å². The molecule has 2 aromatic rings. The third kappa shape index (κ3) is 3.04. The van der Waals surface area contributed by atoms with Gasteiger partial charge in [-0.25, -0.2) is 22.2 Å². The van der Waals surface area contributed by atoms with Crippen LogP contribution >= 0.6 is 11.3 Å². The summed E-state index contributed by atoms with van der Waals surface area (Å²) >= 11 is 1.26. The van der Waals surface area contributed by atoms with E-state index in [-0.39, 0.29) is 0 Å². The number of hydrogen-bond donors (Lipinski definition) is 2. The van der Waals surface area contributed by atoms with Crippen molar-refractivity contribution in [1.29, 1.82) is 0 Å². The molecule has 0 fully saturated rings. The fourth-order valence-electron chi connectivity index (χ4n) is 1.72. The van der Waals surface area contributed by atoms with Crippen LogP contribution in [0.25, 0.3) is 0 Å². The summed E-state index contributed by atoms with van der Waals surface area (Å²) < 4.78 is 53.9. The van der Waals surface area contributed by atoms with Crippen molar-refractivity contribution in [2.24, 2.45) is 0 Å². The highest BCUT2D eigenvalue weighted by molar-refractivity contribution is 7.89. The fraction of sp³-hybridized carbons (Fsp3) is 0.250. The SMILES string of the molecule is CC(C)(NS(=O)(=O)c1ccc(F)c(N)c1F)c1nccs1. The van der Waals surface area contributed by atoms with Crippen LogP contribution in [0, 0.1) is 11.6 Å². The van der Waals surface area contributed by atoms with Crippen molar-refractivity contribution in [3.8, 4) is 0 Å². The molecule has 3 N–H and O–H groups in total. The largest absolute Gasteiger partial charge is 0.394 e. The molecule has 0 atom stereocenters.